The second-order valence-corrected chi connectivity index (χ2v) is 9.03. The summed E-state index contributed by atoms with van der Waals surface area (Å²) in [7, 11) is 0. The molecule has 4 heterocycles. The van der Waals surface area contributed by atoms with Crippen molar-refractivity contribution in [2.45, 2.75) is 31.7 Å². The van der Waals surface area contributed by atoms with Crippen LogP contribution in [-0.2, 0) is 19.9 Å². The Kier molecular flexibility index (Phi) is 8.17. The van der Waals surface area contributed by atoms with Gasteiger partial charge in [-0.25, -0.2) is 9.38 Å². The molecule has 1 fully saturated rings. The minimum absolute atomic E-state index is 0.00347. The van der Waals surface area contributed by atoms with Gasteiger partial charge in [0.15, 0.2) is 5.78 Å². The molecule has 37 heavy (non-hydrogen) atoms. The van der Waals surface area contributed by atoms with Crippen LogP contribution < -0.4 is 10.2 Å². The fraction of sp³-hybridized carbons (Fsp3) is 0.333. The average molecular weight is 505 g/mol. The van der Waals surface area contributed by atoms with Crippen LogP contribution >= 0.6 is 0 Å². The van der Waals surface area contributed by atoms with Crippen LogP contribution in [0.4, 0.5) is 10.1 Å². The highest BCUT2D eigenvalue weighted by molar-refractivity contribution is 6.06. The molecule has 1 aromatic carbocycles. The molecule has 0 spiro atoms. The van der Waals surface area contributed by atoms with Gasteiger partial charge in [0.1, 0.15) is 17.7 Å². The number of aliphatic imine (C=N–C) groups is 2. The number of aromatic nitrogens is 1. The number of amides is 2. The highest BCUT2D eigenvalue weighted by atomic mass is 19.1. The minimum Gasteiger partial charge on any atom is -0.368 e. The van der Waals surface area contributed by atoms with Gasteiger partial charge in [0.05, 0.1) is 6.42 Å². The lowest BCUT2D eigenvalue weighted by Gasteiger charge is -2.37. The Hall–Kier alpha value is -4.21. The molecule has 1 unspecified atom stereocenters. The van der Waals surface area contributed by atoms with Gasteiger partial charge in [-0.05, 0) is 43.2 Å². The number of hydrogen-bond donors (Lipinski definition) is 1. The largest absolute Gasteiger partial charge is 0.368 e. The molecule has 5 rings (SSSR count). The molecule has 2 amide bonds. The molecule has 9 nitrogen and oxygen atoms in total. The van der Waals surface area contributed by atoms with Crippen LogP contribution in [0.25, 0.3) is 0 Å². The summed E-state index contributed by atoms with van der Waals surface area (Å²) >= 11 is 0. The van der Waals surface area contributed by atoms with Gasteiger partial charge in [-0.3, -0.25) is 24.4 Å². The third-order valence-electron chi connectivity index (χ3n) is 6.52. The molecule has 192 valence electrons. The number of anilines is 1. The molecule has 1 saturated heterocycles. The van der Waals surface area contributed by atoms with Crippen LogP contribution in [-0.4, -0.2) is 66.2 Å². The number of carbonyl (C=O) groups is 3. The van der Waals surface area contributed by atoms with Crippen molar-refractivity contribution >= 4 is 35.8 Å². The molecule has 0 saturated carbocycles. The van der Waals surface area contributed by atoms with E-state index in [4.69, 9.17) is 0 Å². The van der Waals surface area contributed by atoms with Crippen LogP contribution in [0.15, 0.2) is 65.0 Å². The van der Waals surface area contributed by atoms with Crippen LogP contribution in [0, 0.1) is 12.7 Å². The number of rotatable bonds is 5. The van der Waals surface area contributed by atoms with Crippen molar-refractivity contribution in [1.29, 1.82) is 0 Å². The molecule has 3 aliphatic heterocycles. The van der Waals surface area contributed by atoms with Gasteiger partial charge in [0, 0.05) is 68.7 Å². The van der Waals surface area contributed by atoms with Gasteiger partial charge in [-0.1, -0.05) is 12.1 Å². The van der Waals surface area contributed by atoms with Crippen molar-refractivity contribution in [2.75, 3.05) is 31.1 Å². The average Bonchev–Trinajstić information content (AvgIpc) is 3.40. The number of allylic oxidation sites excluding steroid dienone is 1. The minimum atomic E-state index is -0.607. The topological polar surface area (TPSA) is 107 Å². The molecule has 0 aliphatic carbocycles. The van der Waals surface area contributed by atoms with Crippen molar-refractivity contribution in [1.82, 2.24) is 15.2 Å². The van der Waals surface area contributed by atoms with E-state index >= 15 is 0 Å². The number of nitrogens with one attached hydrogen (secondary N) is 1. The molecule has 2 aromatic rings. The zero-order valence-electron chi connectivity index (χ0n) is 20.6. The Morgan fingerprint density at radius 3 is 2.59 bits per heavy atom. The number of hydrogen-bond acceptors (Lipinski definition) is 7. The van der Waals surface area contributed by atoms with Crippen molar-refractivity contribution in [3.63, 3.8) is 0 Å². The maximum atomic E-state index is 13.6. The van der Waals surface area contributed by atoms with Gasteiger partial charge in [0.25, 0.3) is 0 Å². The van der Waals surface area contributed by atoms with Crippen LogP contribution in [0.2, 0.25) is 0 Å². The third-order valence-corrected chi connectivity index (χ3v) is 6.52. The van der Waals surface area contributed by atoms with Crippen LogP contribution in [0.3, 0.4) is 0 Å². The SMILES string of the molecule is Cc1ccc(F)cc1N1CCN(C(=O)CCC2(c3cccnc3)C=NC=N2)CC1.O=C1C=CNC(=O)C1. The van der Waals surface area contributed by atoms with E-state index in [-0.39, 0.29) is 29.8 Å². The number of ketones is 1. The lowest BCUT2D eigenvalue weighted by molar-refractivity contribution is -0.132. The molecule has 1 N–H and O–H groups in total. The van der Waals surface area contributed by atoms with E-state index in [9.17, 15) is 18.8 Å². The van der Waals surface area contributed by atoms with E-state index in [0.29, 0.717) is 39.0 Å². The number of aryl methyl sites for hydroxylation is 1. The second kappa shape index (κ2) is 11.7. The Morgan fingerprint density at radius 1 is 1.16 bits per heavy atom. The van der Waals surface area contributed by atoms with Gasteiger partial charge in [-0.15, -0.1) is 0 Å². The maximum Gasteiger partial charge on any atom is 0.231 e. The summed E-state index contributed by atoms with van der Waals surface area (Å²) in [4.78, 5) is 50.3. The standard InChI is InChI=1S/C22H24FN5O.C5H5NO2/c1-17-4-5-19(23)13-20(17)27-9-11-28(12-10-27)21(29)6-7-22(15-25-16-26-22)18-3-2-8-24-14-18;7-4-1-2-6-5(8)3-4/h2-5,8,13-16H,6-7,9-12H2,1H3;1-2H,3H2,(H,6,8). The molecule has 1 aromatic heterocycles. The molecule has 0 bridgehead atoms. The summed E-state index contributed by atoms with van der Waals surface area (Å²) in [6.07, 6.45) is 10.5. The lowest BCUT2D eigenvalue weighted by atomic mass is 9.88. The Balaban J connectivity index is 0.000000342. The normalized spacial score (nSPS) is 20.5. The first-order valence-corrected chi connectivity index (χ1v) is 12.1. The van der Waals surface area contributed by atoms with E-state index in [2.05, 4.69) is 25.2 Å². The van der Waals surface area contributed by atoms with Gasteiger partial charge >= 0.3 is 0 Å². The molecular weight excluding hydrogens is 475 g/mol. The van der Waals surface area contributed by atoms with Crippen molar-refractivity contribution in [3.8, 4) is 0 Å². The predicted molar refractivity (Wildman–Crippen MR) is 139 cm³/mol. The number of pyridine rings is 1. The Morgan fingerprint density at radius 2 is 1.97 bits per heavy atom. The van der Waals surface area contributed by atoms with E-state index in [1.165, 1.54) is 24.7 Å². The number of piperazine rings is 1. The molecule has 10 heteroatoms. The number of carbonyl (C=O) groups excluding carboxylic acids is 3. The summed E-state index contributed by atoms with van der Waals surface area (Å²) < 4.78 is 13.6. The first-order valence-electron chi connectivity index (χ1n) is 12.1. The summed E-state index contributed by atoms with van der Waals surface area (Å²) in [5.74, 6) is -0.478. The Bertz CT molecular complexity index is 1220. The quantitative estimate of drug-likeness (QED) is 0.630. The van der Waals surface area contributed by atoms with Crippen LogP contribution in [0.5, 0.6) is 0 Å². The van der Waals surface area contributed by atoms with E-state index in [0.717, 1.165) is 16.8 Å². The van der Waals surface area contributed by atoms with Crippen molar-refractivity contribution in [3.05, 3.63) is 71.9 Å². The highest BCUT2D eigenvalue weighted by Gasteiger charge is 2.33. The summed E-state index contributed by atoms with van der Waals surface area (Å²) in [6.45, 7) is 4.64. The smallest absolute Gasteiger partial charge is 0.231 e. The molecule has 0 radical (unpaired) electrons. The zero-order chi connectivity index (χ0) is 26.3. The van der Waals surface area contributed by atoms with Crippen molar-refractivity contribution in [2.24, 2.45) is 9.98 Å². The monoisotopic (exact) mass is 504 g/mol. The molecule has 3 aliphatic rings. The van der Waals surface area contributed by atoms with Gasteiger partial charge in [-0.2, -0.15) is 0 Å². The third kappa shape index (κ3) is 6.52. The first kappa shape index (κ1) is 25.9. The maximum absolute atomic E-state index is 13.6. The summed E-state index contributed by atoms with van der Waals surface area (Å²) in [6, 6.07) is 8.68. The second-order valence-electron chi connectivity index (χ2n) is 9.03. The number of halogens is 1. The summed E-state index contributed by atoms with van der Waals surface area (Å²) in [5.41, 5.74) is 2.29. The van der Waals surface area contributed by atoms with E-state index in [1.54, 1.807) is 30.7 Å². The van der Waals surface area contributed by atoms with Crippen molar-refractivity contribution < 1.29 is 18.8 Å². The van der Waals surface area contributed by atoms with Crippen LogP contribution in [0.1, 0.15) is 30.4 Å². The molecule has 1 atom stereocenters. The fourth-order valence-corrected chi connectivity index (χ4v) is 4.44. The zero-order valence-corrected chi connectivity index (χ0v) is 20.6. The first-order chi connectivity index (χ1) is 17.9. The highest BCUT2D eigenvalue weighted by Crippen LogP contribution is 2.31. The van der Waals surface area contributed by atoms with Gasteiger partial charge < -0.3 is 15.1 Å². The van der Waals surface area contributed by atoms with E-state index < -0.39 is 5.54 Å². The van der Waals surface area contributed by atoms with E-state index in [1.807, 2.05) is 24.0 Å². The number of benzene rings is 1. The lowest BCUT2D eigenvalue weighted by Crippen LogP contribution is -2.49. The van der Waals surface area contributed by atoms with Gasteiger partial charge in [0.2, 0.25) is 11.8 Å². The molecular formula is C27H29FN6O3. The Labute approximate surface area is 214 Å². The summed E-state index contributed by atoms with van der Waals surface area (Å²) in [5, 5.41) is 2.37. The number of nitrogens with zero attached hydrogens (tertiary/aromatic N) is 5. The predicted octanol–water partition coefficient (Wildman–Crippen LogP) is 2.56. The fourth-order valence-electron chi connectivity index (χ4n) is 4.44.